The second-order valence-corrected chi connectivity index (χ2v) is 9.38. The lowest BCUT2D eigenvalue weighted by molar-refractivity contribution is -0.163. The van der Waals surface area contributed by atoms with Crippen LogP contribution in [0, 0.1) is 0 Å². The standard InChI is InChI=1S/C31H24N2O10/c34-24-16-17-33(30(39)32-24)31(19-41-28(37)21-12-6-2-7-13-21)26(35)25(42-29(38)22-14-8-3-9-15-22)23(43-31)18-40-27(36)20-10-4-1-5-11-20/h1-17,23,25H,18-19H2,(H,32,34,39)/t23-,25-,31-/m1/s1. The number of rotatable bonds is 9. The van der Waals surface area contributed by atoms with Crippen LogP contribution in [0.4, 0.5) is 0 Å². The van der Waals surface area contributed by atoms with Crippen molar-refractivity contribution >= 4 is 23.7 Å². The molecule has 0 amide bonds. The molecule has 0 unspecified atom stereocenters. The highest BCUT2D eigenvalue weighted by atomic mass is 16.6. The van der Waals surface area contributed by atoms with E-state index >= 15 is 0 Å². The quantitative estimate of drug-likeness (QED) is 0.228. The van der Waals surface area contributed by atoms with Crippen molar-refractivity contribution in [1.82, 2.24) is 9.55 Å². The molecule has 3 atom stereocenters. The van der Waals surface area contributed by atoms with E-state index in [1.54, 1.807) is 54.6 Å². The van der Waals surface area contributed by atoms with Crippen LogP contribution in [0.15, 0.2) is 113 Å². The molecule has 5 rings (SSSR count). The molecule has 2 heterocycles. The summed E-state index contributed by atoms with van der Waals surface area (Å²) in [5.74, 6) is -3.48. The minimum Gasteiger partial charge on any atom is -0.459 e. The smallest absolute Gasteiger partial charge is 0.338 e. The van der Waals surface area contributed by atoms with E-state index in [0.29, 0.717) is 0 Å². The number of esters is 3. The summed E-state index contributed by atoms with van der Waals surface area (Å²) >= 11 is 0. The number of benzene rings is 3. The highest BCUT2D eigenvalue weighted by molar-refractivity contribution is 5.97. The molecule has 1 aliphatic rings. The molecule has 0 bridgehead atoms. The first kappa shape index (κ1) is 28.9. The number of nitrogens with zero attached hydrogens (tertiary/aromatic N) is 1. The van der Waals surface area contributed by atoms with Gasteiger partial charge in [0.05, 0.1) is 16.7 Å². The van der Waals surface area contributed by atoms with Crippen LogP contribution < -0.4 is 11.2 Å². The number of aromatic amines is 1. The lowest BCUT2D eigenvalue weighted by Gasteiger charge is -2.28. The van der Waals surface area contributed by atoms with Crippen molar-refractivity contribution in [3.05, 3.63) is 141 Å². The summed E-state index contributed by atoms with van der Waals surface area (Å²) in [4.78, 5) is 79.5. The zero-order valence-corrected chi connectivity index (χ0v) is 22.4. The van der Waals surface area contributed by atoms with Gasteiger partial charge in [-0.05, 0) is 36.4 Å². The molecule has 0 radical (unpaired) electrons. The second-order valence-electron chi connectivity index (χ2n) is 9.38. The molecular weight excluding hydrogens is 560 g/mol. The van der Waals surface area contributed by atoms with E-state index in [1.165, 1.54) is 36.4 Å². The number of carbonyl (C=O) groups excluding carboxylic acids is 4. The normalized spacial score (nSPS) is 19.4. The number of hydrogen-bond acceptors (Lipinski definition) is 10. The third kappa shape index (κ3) is 6.19. The Morgan fingerprint density at radius 3 is 1.77 bits per heavy atom. The molecule has 218 valence electrons. The van der Waals surface area contributed by atoms with Gasteiger partial charge in [0.2, 0.25) is 11.5 Å². The third-order valence-electron chi connectivity index (χ3n) is 6.58. The van der Waals surface area contributed by atoms with Crippen molar-refractivity contribution in [3.63, 3.8) is 0 Å². The van der Waals surface area contributed by atoms with Crippen molar-refractivity contribution < 1.29 is 38.1 Å². The molecule has 0 saturated carbocycles. The molecule has 1 N–H and O–H groups in total. The van der Waals surface area contributed by atoms with E-state index in [2.05, 4.69) is 0 Å². The number of hydrogen-bond donors (Lipinski definition) is 1. The molecular formula is C31H24N2O10. The van der Waals surface area contributed by atoms with Crippen LogP contribution in [0.3, 0.4) is 0 Å². The fourth-order valence-corrected chi connectivity index (χ4v) is 4.46. The Hall–Kier alpha value is -5.62. The van der Waals surface area contributed by atoms with Crippen LogP contribution in [0.2, 0.25) is 0 Å². The van der Waals surface area contributed by atoms with Gasteiger partial charge in [0, 0.05) is 12.3 Å². The van der Waals surface area contributed by atoms with Gasteiger partial charge in [-0.25, -0.2) is 19.2 Å². The number of ether oxygens (including phenoxy) is 4. The lowest BCUT2D eigenvalue weighted by Crippen LogP contribution is -2.52. The molecule has 1 aromatic heterocycles. The molecule has 1 saturated heterocycles. The average Bonchev–Trinajstić information content (AvgIpc) is 3.30. The fraction of sp³-hybridized carbons (Fsp3) is 0.161. The van der Waals surface area contributed by atoms with Gasteiger partial charge in [0.1, 0.15) is 19.3 Å². The Bertz CT molecular complexity index is 1750. The zero-order valence-electron chi connectivity index (χ0n) is 22.4. The predicted octanol–water partition coefficient (Wildman–Crippen LogP) is 2.10. The van der Waals surface area contributed by atoms with Crippen LogP contribution in [0.5, 0.6) is 0 Å². The van der Waals surface area contributed by atoms with Crippen molar-refractivity contribution in [2.75, 3.05) is 13.2 Å². The van der Waals surface area contributed by atoms with Gasteiger partial charge in [-0.15, -0.1) is 0 Å². The number of carbonyl (C=O) groups is 4. The zero-order chi connectivity index (χ0) is 30.4. The van der Waals surface area contributed by atoms with Gasteiger partial charge >= 0.3 is 23.6 Å². The van der Waals surface area contributed by atoms with Crippen molar-refractivity contribution in [3.8, 4) is 0 Å². The summed E-state index contributed by atoms with van der Waals surface area (Å²) in [6.07, 6.45) is -2.17. The summed E-state index contributed by atoms with van der Waals surface area (Å²) in [5, 5.41) is 0. The first-order chi connectivity index (χ1) is 20.8. The van der Waals surface area contributed by atoms with Crippen molar-refractivity contribution in [2.24, 2.45) is 0 Å². The Labute approximate surface area is 243 Å². The fourth-order valence-electron chi connectivity index (χ4n) is 4.46. The number of Topliss-reactive ketones (excluding diaryl/α,β-unsaturated/α-hetero) is 1. The van der Waals surface area contributed by atoms with E-state index in [0.717, 1.165) is 16.8 Å². The van der Waals surface area contributed by atoms with Crippen LogP contribution in [0.1, 0.15) is 31.1 Å². The summed E-state index contributed by atoms with van der Waals surface area (Å²) < 4.78 is 23.2. The van der Waals surface area contributed by atoms with Gasteiger partial charge in [-0.2, -0.15) is 0 Å². The largest absolute Gasteiger partial charge is 0.459 e. The van der Waals surface area contributed by atoms with E-state index in [9.17, 15) is 28.8 Å². The average molecular weight is 585 g/mol. The van der Waals surface area contributed by atoms with E-state index < -0.39 is 66.1 Å². The van der Waals surface area contributed by atoms with Gasteiger partial charge in [-0.1, -0.05) is 54.6 Å². The topological polar surface area (TPSA) is 160 Å². The third-order valence-corrected chi connectivity index (χ3v) is 6.58. The minimum absolute atomic E-state index is 0.115. The molecule has 1 aliphatic heterocycles. The molecule has 43 heavy (non-hydrogen) atoms. The summed E-state index contributed by atoms with van der Waals surface area (Å²) in [6, 6.07) is 24.6. The number of ketones is 1. The van der Waals surface area contributed by atoms with Gasteiger partial charge in [0.15, 0.2) is 6.10 Å². The highest BCUT2D eigenvalue weighted by Gasteiger charge is 2.60. The monoisotopic (exact) mass is 584 g/mol. The first-order valence-electron chi connectivity index (χ1n) is 13.0. The van der Waals surface area contributed by atoms with Crippen LogP contribution in [0.25, 0.3) is 0 Å². The van der Waals surface area contributed by atoms with Gasteiger partial charge in [0.25, 0.3) is 5.56 Å². The maximum atomic E-state index is 14.1. The molecule has 0 spiro atoms. The van der Waals surface area contributed by atoms with E-state index in [-0.39, 0.29) is 16.7 Å². The molecule has 3 aromatic carbocycles. The maximum absolute atomic E-state index is 14.1. The number of H-pyrrole nitrogens is 1. The lowest BCUT2D eigenvalue weighted by atomic mass is 10.0. The molecule has 12 nitrogen and oxygen atoms in total. The maximum Gasteiger partial charge on any atom is 0.338 e. The van der Waals surface area contributed by atoms with Crippen molar-refractivity contribution in [1.29, 1.82) is 0 Å². The highest BCUT2D eigenvalue weighted by Crippen LogP contribution is 2.34. The predicted molar refractivity (Wildman–Crippen MR) is 148 cm³/mol. The molecule has 1 fully saturated rings. The number of nitrogens with one attached hydrogen (secondary N) is 1. The summed E-state index contributed by atoms with van der Waals surface area (Å²) in [7, 11) is 0. The van der Waals surface area contributed by atoms with Gasteiger partial charge < -0.3 is 18.9 Å². The van der Waals surface area contributed by atoms with Crippen molar-refractivity contribution in [2.45, 2.75) is 17.9 Å². The summed E-state index contributed by atoms with van der Waals surface area (Å²) in [6.45, 7) is -1.44. The number of aromatic nitrogens is 2. The second kappa shape index (κ2) is 12.5. The molecule has 0 aliphatic carbocycles. The Kier molecular flexibility index (Phi) is 8.39. The van der Waals surface area contributed by atoms with Gasteiger partial charge in [-0.3, -0.25) is 19.1 Å². The Morgan fingerprint density at radius 2 is 1.23 bits per heavy atom. The van der Waals surface area contributed by atoms with Crippen LogP contribution in [-0.4, -0.2) is 58.7 Å². The summed E-state index contributed by atoms with van der Waals surface area (Å²) in [5.41, 5.74) is -3.75. The Morgan fingerprint density at radius 1 is 0.721 bits per heavy atom. The first-order valence-corrected chi connectivity index (χ1v) is 13.0. The van der Waals surface area contributed by atoms with E-state index in [4.69, 9.17) is 18.9 Å². The van der Waals surface area contributed by atoms with Crippen LogP contribution in [-0.2, 0) is 29.5 Å². The van der Waals surface area contributed by atoms with E-state index in [1.807, 2.05) is 4.98 Å². The van der Waals surface area contributed by atoms with Crippen LogP contribution >= 0.6 is 0 Å². The molecule has 12 heteroatoms. The SMILES string of the molecule is O=C(OC[C@H]1O[C@@](COC(=O)c2ccccc2)(n2ccc(=O)[nH]c2=O)C(=O)[C@@H]1OC(=O)c1ccccc1)c1ccccc1. The minimum atomic E-state index is -2.41. The Balaban J connectivity index is 1.51. The molecule has 4 aromatic rings.